The van der Waals surface area contributed by atoms with E-state index in [1.807, 2.05) is 17.9 Å². The van der Waals surface area contributed by atoms with Crippen LogP contribution in [0.5, 0.6) is 0 Å². The van der Waals surface area contributed by atoms with Crippen LogP contribution >= 0.6 is 23.2 Å². The number of carbonyl (C=O) groups is 2. The fourth-order valence-electron chi connectivity index (χ4n) is 4.14. The molecule has 0 N–H and O–H groups in total. The molecule has 2 fully saturated rings. The molecule has 7 heteroatoms. The van der Waals surface area contributed by atoms with Gasteiger partial charge in [0.05, 0.1) is 16.0 Å². The molecule has 30 heavy (non-hydrogen) atoms. The minimum atomic E-state index is -0.190. The predicted molar refractivity (Wildman–Crippen MR) is 123 cm³/mol. The van der Waals surface area contributed by atoms with Crippen LogP contribution in [-0.2, 0) is 9.59 Å². The number of nitrogens with zero attached hydrogens (tertiary/aromatic N) is 3. The van der Waals surface area contributed by atoms with E-state index in [2.05, 4.69) is 4.90 Å². The number of piperidine rings is 1. The number of halogens is 2. The lowest BCUT2D eigenvalue weighted by molar-refractivity contribution is -0.134. The summed E-state index contributed by atoms with van der Waals surface area (Å²) in [6.45, 7) is 7.68. The van der Waals surface area contributed by atoms with Gasteiger partial charge in [-0.15, -0.1) is 0 Å². The molecule has 2 saturated heterocycles. The van der Waals surface area contributed by atoms with Gasteiger partial charge in [0.15, 0.2) is 0 Å². The van der Waals surface area contributed by atoms with E-state index in [1.165, 1.54) is 32.4 Å². The van der Waals surface area contributed by atoms with Crippen LogP contribution in [0, 0.1) is 5.92 Å². The van der Waals surface area contributed by atoms with Crippen molar-refractivity contribution in [2.45, 2.75) is 32.6 Å². The molecule has 164 valence electrons. The molecule has 2 aliphatic heterocycles. The highest BCUT2D eigenvalue weighted by Crippen LogP contribution is 2.23. The highest BCUT2D eigenvalue weighted by Gasteiger charge is 2.28. The molecule has 2 heterocycles. The molecular formula is C23H31Cl2N3O2. The molecule has 1 atom stereocenters. The lowest BCUT2D eigenvalue weighted by Gasteiger charge is -2.28. The van der Waals surface area contributed by atoms with E-state index in [-0.39, 0.29) is 17.7 Å². The minimum Gasteiger partial charge on any atom is -0.341 e. The third-order valence-corrected chi connectivity index (χ3v) is 6.63. The van der Waals surface area contributed by atoms with E-state index in [4.69, 9.17) is 23.2 Å². The zero-order valence-corrected chi connectivity index (χ0v) is 19.2. The zero-order valence-electron chi connectivity index (χ0n) is 17.7. The summed E-state index contributed by atoms with van der Waals surface area (Å²) in [4.78, 5) is 31.7. The van der Waals surface area contributed by atoms with E-state index < -0.39 is 0 Å². The van der Waals surface area contributed by atoms with E-state index in [0.717, 1.165) is 25.1 Å². The monoisotopic (exact) mass is 451 g/mol. The van der Waals surface area contributed by atoms with Gasteiger partial charge in [-0.05, 0) is 62.7 Å². The zero-order chi connectivity index (χ0) is 21.5. The Morgan fingerprint density at radius 2 is 1.83 bits per heavy atom. The molecule has 1 aromatic carbocycles. The second-order valence-corrected chi connectivity index (χ2v) is 9.09. The van der Waals surface area contributed by atoms with Crippen molar-refractivity contribution in [1.29, 1.82) is 0 Å². The average Bonchev–Trinajstić information content (AvgIpc) is 2.89. The third-order valence-electron chi connectivity index (χ3n) is 5.89. The van der Waals surface area contributed by atoms with Gasteiger partial charge in [-0.25, -0.2) is 0 Å². The molecule has 1 unspecified atom stereocenters. The van der Waals surface area contributed by atoms with E-state index in [1.54, 1.807) is 29.2 Å². The molecular weight excluding hydrogens is 421 g/mol. The molecule has 0 aliphatic carbocycles. The summed E-state index contributed by atoms with van der Waals surface area (Å²) in [5.74, 6) is -0.127. The quantitative estimate of drug-likeness (QED) is 0.608. The van der Waals surface area contributed by atoms with Gasteiger partial charge in [0, 0.05) is 32.3 Å². The summed E-state index contributed by atoms with van der Waals surface area (Å²) >= 11 is 12.0. The first-order chi connectivity index (χ1) is 14.4. The summed E-state index contributed by atoms with van der Waals surface area (Å²) in [5, 5.41) is 0.945. The summed E-state index contributed by atoms with van der Waals surface area (Å²) in [6, 6.07) is 5.26. The largest absolute Gasteiger partial charge is 0.341 e. The van der Waals surface area contributed by atoms with E-state index in [0.29, 0.717) is 29.7 Å². The van der Waals surface area contributed by atoms with Gasteiger partial charge >= 0.3 is 0 Å². The van der Waals surface area contributed by atoms with Gasteiger partial charge in [-0.1, -0.05) is 42.6 Å². The molecule has 2 aliphatic rings. The van der Waals surface area contributed by atoms with Crippen molar-refractivity contribution in [2.24, 2.45) is 5.92 Å². The molecule has 0 aromatic heterocycles. The Kier molecular flexibility index (Phi) is 8.61. The van der Waals surface area contributed by atoms with Gasteiger partial charge in [0.1, 0.15) is 0 Å². The summed E-state index contributed by atoms with van der Waals surface area (Å²) in [5.41, 5.74) is 0.816. The predicted octanol–water partition coefficient (Wildman–Crippen LogP) is 4.19. The standard InChI is InChI=1S/C23H31Cl2N3O2/c1-18-17-28(22(29)9-7-19-6-8-20(24)21(25)16-19)15-14-27(23(18)30)13-5-12-26-10-3-2-4-11-26/h6-9,16,18H,2-5,10-15,17H2,1H3/b9-7+. The highest BCUT2D eigenvalue weighted by molar-refractivity contribution is 6.42. The first-order valence-corrected chi connectivity index (χ1v) is 11.6. The fourth-order valence-corrected chi connectivity index (χ4v) is 4.45. The molecule has 5 nitrogen and oxygen atoms in total. The molecule has 1 aromatic rings. The number of likely N-dealkylation sites (tertiary alicyclic amines) is 1. The Balaban J connectivity index is 1.52. The number of hydrogen-bond donors (Lipinski definition) is 0. The molecule has 2 amide bonds. The molecule has 0 bridgehead atoms. The second-order valence-electron chi connectivity index (χ2n) is 8.27. The van der Waals surface area contributed by atoms with Crippen LogP contribution < -0.4 is 0 Å². The smallest absolute Gasteiger partial charge is 0.246 e. The maximum atomic E-state index is 12.8. The number of carbonyl (C=O) groups excluding carboxylic acids is 2. The lowest BCUT2D eigenvalue weighted by atomic mass is 10.1. The van der Waals surface area contributed by atoms with Crippen LogP contribution in [0.2, 0.25) is 10.0 Å². The fraction of sp³-hybridized carbons (Fsp3) is 0.565. The van der Waals surface area contributed by atoms with Crippen molar-refractivity contribution in [2.75, 3.05) is 45.8 Å². The van der Waals surface area contributed by atoms with Crippen molar-refractivity contribution in [3.63, 3.8) is 0 Å². The maximum Gasteiger partial charge on any atom is 0.246 e. The van der Waals surface area contributed by atoms with E-state index >= 15 is 0 Å². The van der Waals surface area contributed by atoms with Crippen molar-refractivity contribution < 1.29 is 9.59 Å². The third kappa shape index (κ3) is 6.47. The van der Waals surface area contributed by atoms with Gasteiger partial charge in [0.25, 0.3) is 0 Å². The van der Waals surface area contributed by atoms with Crippen molar-refractivity contribution >= 4 is 41.1 Å². The lowest BCUT2D eigenvalue weighted by Crippen LogP contribution is -2.38. The first-order valence-electron chi connectivity index (χ1n) is 10.9. The number of amides is 2. The summed E-state index contributed by atoms with van der Waals surface area (Å²) in [7, 11) is 0. The average molecular weight is 452 g/mol. The minimum absolute atomic E-state index is 0.0871. The molecule has 0 saturated carbocycles. The van der Waals surface area contributed by atoms with Crippen LogP contribution in [0.25, 0.3) is 6.08 Å². The van der Waals surface area contributed by atoms with Gasteiger partial charge < -0.3 is 14.7 Å². The molecule has 0 spiro atoms. The Hall–Kier alpha value is -1.56. The Bertz CT molecular complexity index is 778. The number of hydrogen-bond acceptors (Lipinski definition) is 3. The van der Waals surface area contributed by atoms with Crippen LogP contribution in [0.15, 0.2) is 24.3 Å². The van der Waals surface area contributed by atoms with Crippen LogP contribution in [0.3, 0.4) is 0 Å². The molecule has 3 rings (SSSR count). The Morgan fingerprint density at radius 1 is 1.07 bits per heavy atom. The van der Waals surface area contributed by atoms with Gasteiger partial charge in [-0.3, -0.25) is 9.59 Å². The van der Waals surface area contributed by atoms with Crippen LogP contribution in [0.4, 0.5) is 0 Å². The van der Waals surface area contributed by atoms with Crippen molar-refractivity contribution in [3.05, 3.63) is 39.9 Å². The maximum absolute atomic E-state index is 12.8. The SMILES string of the molecule is CC1CN(C(=O)/C=C/c2ccc(Cl)c(Cl)c2)CCN(CCCN2CCCCC2)C1=O. The molecule has 0 radical (unpaired) electrons. The summed E-state index contributed by atoms with van der Waals surface area (Å²) in [6.07, 6.45) is 8.17. The van der Waals surface area contributed by atoms with Crippen molar-refractivity contribution in [3.8, 4) is 0 Å². The Labute approximate surface area is 189 Å². The number of benzene rings is 1. The topological polar surface area (TPSA) is 43.9 Å². The number of rotatable bonds is 6. The van der Waals surface area contributed by atoms with Gasteiger partial charge in [0.2, 0.25) is 11.8 Å². The Morgan fingerprint density at radius 3 is 2.57 bits per heavy atom. The highest BCUT2D eigenvalue weighted by atomic mass is 35.5. The van der Waals surface area contributed by atoms with Crippen LogP contribution in [-0.4, -0.2) is 72.3 Å². The van der Waals surface area contributed by atoms with Crippen molar-refractivity contribution in [1.82, 2.24) is 14.7 Å². The first kappa shape index (κ1) is 23.1. The normalized spacial score (nSPS) is 21.3. The van der Waals surface area contributed by atoms with Crippen LogP contribution in [0.1, 0.15) is 38.2 Å². The second kappa shape index (κ2) is 11.2. The summed E-state index contributed by atoms with van der Waals surface area (Å²) < 4.78 is 0. The van der Waals surface area contributed by atoms with Gasteiger partial charge in [-0.2, -0.15) is 0 Å². The van der Waals surface area contributed by atoms with E-state index in [9.17, 15) is 9.59 Å².